The molecular weight excluding hydrogens is 168 g/mol. The first kappa shape index (κ1) is 12.3. The molecule has 0 aliphatic heterocycles. The van der Waals surface area contributed by atoms with Crippen LogP contribution in [0.2, 0.25) is 0 Å². The molecule has 0 spiro atoms. The van der Waals surface area contributed by atoms with Crippen molar-refractivity contribution in [3.05, 3.63) is 0 Å². The molecule has 0 nitrogen and oxygen atoms in total. The van der Waals surface area contributed by atoms with Gasteiger partial charge in [-0.15, -0.1) is 11.6 Å². The SMILES string of the molecule is CC(C)C(C)CCCC(C)(C)Cl. The molecule has 74 valence electrons. The fourth-order valence-electron chi connectivity index (χ4n) is 1.18. The number of hydrogen-bond acceptors (Lipinski definition) is 0. The quantitative estimate of drug-likeness (QED) is 0.562. The summed E-state index contributed by atoms with van der Waals surface area (Å²) in [5, 5.41) is 0. The molecule has 0 aromatic rings. The summed E-state index contributed by atoms with van der Waals surface area (Å²) >= 11 is 6.10. The Morgan fingerprint density at radius 3 is 2.00 bits per heavy atom. The summed E-state index contributed by atoms with van der Waals surface area (Å²) in [6, 6.07) is 0. The smallest absolute Gasteiger partial charge is 0.0390 e. The van der Waals surface area contributed by atoms with Gasteiger partial charge in [0.05, 0.1) is 0 Å². The second kappa shape index (κ2) is 5.11. The van der Waals surface area contributed by atoms with E-state index in [4.69, 9.17) is 11.6 Å². The second-order valence-corrected chi connectivity index (χ2v) is 5.86. The number of hydrogen-bond donors (Lipinski definition) is 0. The molecule has 12 heavy (non-hydrogen) atoms. The first-order valence-corrected chi connectivity index (χ1v) is 5.39. The van der Waals surface area contributed by atoms with E-state index in [0.29, 0.717) is 0 Å². The Morgan fingerprint density at radius 1 is 1.17 bits per heavy atom. The zero-order chi connectivity index (χ0) is 9.78. The minimum absolute atomic E-state index is 0.00327. The minimum atomic E-state index is -0.00327. The predicted octanol–water partition coefficient (Wildman–Crippen LogP) is 4.47. The van der Waals surface area contributed by atoms with Gasteiger partial charge in [-0.05, 0) is 32.1 Å². The summed E-state index contributed by atoms with van der Waals surface area (Å²) in [5.74, 6) is 1.65. The Hall–Kier alpha value is 0.290. The van der Waals surface area contributed by atoms with E-state index < -0.39 is 0 Å². The van der Waals surface area contributed by atoms with Crippen LogP contribution in [-0.4, -0.2) is 4.87 Å². The predicted molar refractivity (Wildman–Crippen MR) is 57.8 cm³/mol. The zero-order valence-corrected chi connectivity index (χ0v) is 9.91. The Bertz CT molecular complexity index is 111. The number of halogens is 1. The lowest BCUT2D eigenvalue weighted by atomic mass is 9.91. The molecule has 0 aliphatic carbocycles. The average molecular weight is 191 g/mol. The fraction of sp³-hybridized carbons (Fsp3) is 1.00. The molecule has 0 rings (SSSR count). The Balaban J connectivity index is 3.44. The van der Waals surface area contributed by atoms with Crippen molar-refractivity contribution in [2.24, 2.45) is 11.8 Å². The highest BCUT2D eigenvalue weighted by Crippen LogP contribution is 2.24. The zero-order valence-electron chi connectivity index (χ0n) is 9.15. The lowest BCUT2D eigenvalue weighted by Gasteiger charge is -2.19. The van der Waals surface area contributed by atoms with Gasteiger partial charge in [-0.2, -0.15) is 0 Å². The van der Waals surface area contributed by atoms with Crippen LogP contribution in [0.15, 0.2) is 0 Å². The van der Waals surface area contributed by atoms with Crippen LogP contribution in [0.25, 0.3) is 0 Å². The normalized spacial score (nSPS) is 15.2. The van der Waals surface area contributed by atoms with Gasteiger partial charge in [-0.1, -0.05) is 33.6 Å². The highest BCUT2D eigenvalue weighted by Gasteiger charge is 2.14. The average Bonchev–Trinajstić information content (AvgIpc) is 1.84. The first-order valence-electron chi connectivity index (χ1n) is 5.02. The van der Waals surface area contributed by atoms with Crippen molar-refractivity contribution in [2.75, 3.05) is 0 Å². The fourth-order valence-corrected chi connectivity index (χ4v) is 1.31. The maximum Gasteiger partial charge on any atom is 0.0390 e. The van der Waals surface area contributed by atoms with E-state index in [1.807, 2.05) is 0 Å². The van der Waals surface area contributed by atoms with Crippen molar-refractivity contribution in [3.63, 3.8) is 0 Å². The highest BCUT2D eigenvalue weighted by atomic mass is 35.5. The summed E-state index contributed by atoms with van der Waals surface area (Å²) < 4.78 is 0. The summed E-state index contributed by atoms with van der Waals surface area (Å²) in [6.07, 6.45) is 3.70. The first-order chi connectivity index (χ1) is 5.33. The molecule has 0 aromatic carbocycles. The molecule has 1 atom stereocenters. The summed E-state index contributed by atoms with van der Waals surface area (Å²) in [4.78, 5) is -0.00327. The molecule has 0 fully saturated rings. The van der Waals surface area contributed by atoms with Crippen LogP contribution in [0.5, 0.6) is 0 Å². The number of alkyl halides is 1. The van der Waals surface area contributed by atoms with Crippen LogP contribution in [0, 0.1) is 11.8 Å². The molecule has 0 heterocycles. The van der Waals surface area contributed by atoms with E-state index in [-0.39, 0.29) is 4.87 Å². The molecule has 1 unspecified atom stereocenters. The number of rotatable bonds is 5. The molecule has 1 heteroatoms. The molecule has 0 bridgehead atoms. The summed E-state index contributed by atoms with van der Waals surface area (Å²) in [5.41, 5.74) is 0. The molecule has 0 aliphatic rings. The third-order valence-electron chi connectivity index (χ3n) is 2.57. The van der Waals surface area contributed by atoms with Gasteiger partial charge in [0.1, 0.15) is 0 Å². The lowest BCUT2D eigenvalue weighted by Crippen LogP contribution is -2.11. The maximum atomic E-state index is 6.10. The molecule has 0 aromatic heterocycles. The van der Waals surface area contributed by atoms with Crippen LogP contribution >= 0.6 is 11.6 Å². The third-order valence-corrected chi connectivity index (χ3v) is 2.76. The van der Waals surface area contributed by atoms with Crippen LogP contribution in [0.4, 0.5) is 0 Å². The van der Waals surface area contributed by atoms with E-state index in [2.05, 4.69) is 34.6 Å². The van der Waals surface area contributed by atoms with Crippen LogP contribution in [0.1, 0.15) is 53.9 Å². The Labute approximate surface area is 82.7 Å². The van der Waals surface area contributed by atoms with Crippen molar-refractivity contribution in [2.45, 2.75) is 58.8 Å². The van der Waals surface area contributed by atoms with Crippen LogP contribution in [0.3, 0.4) is 0 Å². The standard InChI is InChI=1S/C11H23Cl/c1-9(2)10(3)7-6-8-11(4,5)12/h9-10H,6-8H2,1-5H3. The van der Waals surface area contributed by atoms with Crippen molar-refractivity contribution in [3.8, 4) is 0 Å². The molecule has 0 amide bonds. The van der Waals surface area contributed by atoms with Gasteiger partial charge >= 0.3 is 0 Å². The molecule has 0 saturated heterocycles. The highest BCUT2D eigenvalue weighted by molar-refractivity contribution is 6.23. The molecule has 0 radical (unpaired) electrons. The van der Waals surface area contributed by atoms with E-state index >= 15 is 0 Å². The van der Waals surface area contributed by atoms with E-state index in [0.717, 1.165) is 18.3 Å². The van der Waals surface area contributed by atoms with Gasteiger partial charge in [0, 0.05) is 4.87 Å². The van der Waals surface area contributed by atoms with Crippen LogP contribution < -0.4 is 0 Å². The van der Waals surface area contributed by atoms with Gasteiger partial charge in [-0.25, -0.2) is 0 Å². The topological polar surface area (TPSA) is 0 Å². The van der Waals surface area contributed by atoms with Crippen LogP contribution in [-0.2, 0) is 0 Å². The monoisotopic (exact) mass is 190 g/mol. The second-order valence-electron chi connectivity index (χ2n) is 4.83. The van der Waals surface area contributed by atoms with Crippen molar-refractivity contribution >= 4 is 11.6 Å². The maximum absolute atomic E-state index is 6.10. The van der Waals surface area contributed by atoms with Gasteiger partial charge in [0.2, 0.25) is 0 Å². The van der Waals surface area contributed by atoms with Gasteiger partial charge in [-0.3, -0.25) is 0 Å². The summed E-state index contributed by atoms with van der Waals surface area (Å²) in [6.45, 7) is 11.1. The molecule has 0 saturated carbocycles. The van der Waals surface area contributed by atoms with E-state index in [1.54, 1.807) is 0 Å². The van der Waals surface area contributed by atoms with Gasteiger partial charge in [0.15, 0.2) is 0 Å². The molecule has 0 N–H and O–H groups in total. The van der Waals surface area contributed by atoms with Crippen molar-refractivity contribution < 1.29 is 0 Å². The van der Waals surface area contributed by atoms with Crippen molar-refractivity contribution in [1.29, 1.82) is 0 Å². The van der Waals surface area contributed by atoms with Gasteiger partial charge < -0.3 is 0 Å². The van der Waals surface area contributed by atoms with Gasteiger partial charge in [0.25, 0.3) is 0 Å². The Morgan fingerprint density at radius 2 is 1.67 bits per heavy atom. The lowest BCUT2D eigenvalue weighted by molar-refractivity contribution is 0.370. The third kappa shape index (κ3) is 6.97. The molecular formula is C11H23Cl. The van der Waals surface area contributed by atoms with Crippen molar-refractivity contribution in [1.82, 2.24) is 0 Å². The Kier molecular flexibility index (Phi) is 5.24. The van der Waals surface area contributed by atoms with E-state index in [1.165, 1.54) is 12.8 Å². The van der Waals surface area contributed by atoms with E-state index in [9.17, 15) is 0 Å². The summed E-state index contributed by atoms with van der Waals surface area (Å²) in [7, 11) is 0. The largest absolute Gasteiger partial charge is 0.120 e. The minimum Gasteiger partial charge on any atom is -0.120 e.